The number of carbonyl (C=O) groups excluding carboxylic acids is 2. The van der Waals surface area contributed by atoms with Gasteiger partial charge in [-0.15, -0.1) is 0 Å². The molecule has 1 atom stereocenters. The number of aryl methyl sites for hydroxylation is 1. The zero-order chi connectivity index (χ0) is 20.5. The maximum Gasteiger partial charge on any atom is 0.414 e. The second-order valence-electron chi connectivity index (χ2n) is 7.41. The summed E-state index contributed by atoms with van der Waals surface area (Å²) in [5.74, 6) is -0.588. The van der Waals surface area contributed by atoms with Crippen molar-refractivity contribution >= 4 is 23.4 Å². The lowest BCUT2D eigenvalue weighted by Gasteiger charge is -2.21. The first-order valence-electron chi connectivity index (χ1n) is 9.77. The van der Waals surface area contributed by atoms with Crippen LogP contribution in [0.5, 0.6) is 0 Å². The van der Waals surface area contributed by atoms with Gasteiger partial charge in [0, 0.05) is 31.8 Å². The number of halogens is 1. The van der Waals surface area contributed by atoms with Gasteiger partial charge in [-0.05, 0) is 24.6 Å². The minimum atomic E-state index is -0.543. The molecule has 0 radical (unpaired) electrons. The third-order valence-corrected chi connectivity index (χ3v) is 5.12. The highest BCUT2D eigenvalue weighted by Crippen LogP contribution is 2.32. The van der Waals surface area contributed by atoms with E-state index in [4.69, 9.17) is 4.74 Å². The van der Waals surface area contributed by atoms with E-state index in [2.05, 4.69) is 17.3 Å². The fourth-order valence-corrected chi connectivity index (χ4v) is 3.74. The number of nitrogens with one attached hydrogen (secondary N) is 1. The van der Waals surface area contributed by atoms with Crippen LogP contribution in [0, 0.1) is 5.82 Å². The van der Waals surface area contributed by atoms with Gasteiger partial charge >= 0.3 is 6.09 Å². The Balaban J connectivity index is 1.44. The fraction of sp³-hybridized carbons (Fsp3) is 0.450. The summed E-state index contributed by atoms with van der Waals surface area (Å²) in [5.41, 5.74) is 3.01. The maximum atomic E-state index is 14.9. The van der Waals surface area contributed by atoms with Gasteiger partial charge in [-0.2, -0.15) is 5.10 Å². The Hall–Kier alpha value is -3.10. The molecule has 1 fully saturated rings. The summed E-state index contributed by atoms with van der Waals surface area (Å²) >= 11 is 0. The van der Waals surface area contributed by atoms with Crippen LogP contribution in [-0.4, -0.2) is 41.0 Å². The Morgan fingerprint density at radius 3 is 2.90 bits per heavy atom. The number of amides is 2. The average Bonchev–Trinajstić information content (AvgIpc) is 3.33. The van der Waals surface area contributed by atoms with E-state index in [1.54, 1.807) is 12.1 Å². The van der Waals surface area contributed by atoms with Crippen molar-refractivity contribution in [3.63, 3.8) is 0 Å². The molecule has 1 aromatic heterocycles. The topological polar surface area (TPSA) is 79.7 Å². The van der Waals surface area contributed by atoms with Crippen molar-refractivity contribution in [1.82, 2.24) is 15.1 Å². The third kappa shape index (κ3) is 3.90. The van der Waals surface area contributed by atoms with Crippen molar-refractivity contribution < 1.29 is 18.7 Å². The van der Waals surface area contributed by atoms with E-state index in [1.807, 2.05) is 15.8 Å². The molecule has 2 aliphatic rings. The molecule has 2 aromatic rings. The first-order valence-corrected chi connectivity index (χ1v) is 9.77. The Morgan fingerprint density at radius 1 is 1.38 bits per heavy atom. The highest BCUT2D eigenvalue weighted by molar-refractivity contribution is 5.90. The lowest BCUT2D eigenvalue weighted by atomic mass is 10.2. The molecule has 2 aliphatic heterocycles. The van der Waals surface area contributed by atoms with Gasteiger partial charge < -0.3 is 15.0 Å². The number of cyclic esters (lactones) is 1. The molecule has 1 saturated heterocycles. The lowest BCUT2D eigenvalue weighted by molar-refractivity contribution is -0.119. The number of hydrogen-bond donors (Lipinski definition) is 1. The molecule has 2 amide bonds. The van der Waals surface area contributed by atoms with Crippen molar-refractivity contribution in [2.24, 2.45) is 0 Å². The van der Waals surface area contributed by atoms with E-state index in [1.165, 1.54) is 17.9 Å². The zero-order valence-corrected chi connectivity index (χ0v) is 16.5. The molecule has 29 heavy (non-hydrogen) atoms. The second kappa shape index (κ2) is 7.73. The van der Waals surface area contributed by atoms with Gasteiger partial charge in [0.25, 0.3) is 0 Å². The fourth-order valence-electron chi connectivity index (χ4n) is 3.74. The SMILES string of the molecule is CCCn1cc2c(n1)CN(c1ccc(N3C[C@H](CNC(C)=O)OC3=O)cc1F)C2. The number of anilines is 2. The van der Waals surface area contributed by atoms with Crippen LogP contribution in [0.15, 0.2) is 24.4 Å². The number of benzene rings is 1. The van der Waals surface area contributed by atoms with E-state index in [0.29, 0.717) is 24.5 Å². The molecule has 0 unspecified atom stereocenters. The third-order valence-electron chi connectivity index (χ3n) is 5.12. The largest absolute Gasteiger partial charge is 0.442 e. The molecule has 1 aromatic carbocycles. The van der Waals surface area contributed by atoms with E-state index in [9.17, 15) is 14.0 Å². The predicted molar refractivity (Wildman–Crippen MR) is 105 cm³/mol. The van der Waals surface area contributed by atoms with Crippen LogP contribution in [0.25, 0.3) is 0 Å². The molecular formula is C20H24FN5O3. The highest BCUT2D eigenvalue weighted by Gasteiger charge is 2.33. The molecule has 0 saturated carbocycles. The Bertz CT molecular complexity index is 921. The summed E-state index contributed by atoms with van der Waals surface area (Å²) in [7, 11) is 0. The summed E-state index contributed by atoms with van der Waals surface area (Å²) in [6, 6.07) is 4.75. The van der Waals surface area contributed by atoms with Crippen LogP contribution in [0.4, 0.5) is 20.6 Å². The molecule has 3 heterocycles. The van der Waals surface area contributed by atoms with Crippen molar-refractivity contribution in [3.8, 4) is 0 Å². The summed E-state index contributed by atoms with van der Waals surface area (Å²) < 4.78 is 22.0. The number of fused-ring (bicyclic) bond motifs is 1. The molecule has 154 valence electrons. The van der Waals surface area contributed by atoms with Crippen LogP contribution in [0.3, 0.4) is 0 Å². The van der Waals surface area contributed by atoms with E-state index in [0.717, 1.165) is 24.2 Å². The number of ether oxygens (including phenoxy) is 1. The molecule has 0 aliphatic carbocycles. The van der Waals surface area contributed by atoms with Crippen LogP contribution >= 0.6 is 0 Å². The summed E-state index contributed by atoms with van der Waals surface area (Å²) in [4.78, 5) is 26.5. The van der Waals surface area contributed by atoms with Crippen LogP contribution in [-0.2, 0) is 29.2 Å². The van der Waals surface area contributed by atoms with Crippen molar-refractivity contribution in [2.45, 2.75) is 46.0 Å². The second-order valence-corrected chi connectivity index (χ2v) is 7.41. The standard InChI is InChI=1S/C20H24FN5O3/c1-3-6-25-10-14-9-24(12-18(14)23-25)19-5-4-15(7-17(19)21)26-11-16(29-20(26)28)8-22-13(2)27/h4-5,7,10,16H,3,6,8-9,11-12H2,1-2H3,(H,22,27)/t16-/m0/s1. The van der Waals surface area contributed by atoms with E-state index in [-0.39, 0.29) is 19.0 Å². The molecule has 9 heteroatoms. The first kappa shape index (κ1) is 19.2. The molecule has 8 nitrogen and oxygen atoms in total. The Morgan fingerprint density at radius 2 is 2.21 bits per heavy atom. The maximum absolute atomic E-state index is 14.9. The average molecular weight is 401 g/mol. The van der Waals surface area contributed by atoms with Crippen LogP contribution in [0.2, 0.25) is 0 Å². The smallest absolute Gasteiger partial charge is 0.414 e. The summed E-state index contributed by atoms with van der Waals surface area (Å²) in [6.45, 7) is 6.06. The molecule has 0 spiro atoms. The molecule has 1 N–H and O–H groups in total. The first-order chi connectivity index (χ1) is 13.9. The minimum Gasteiger partial charge on any atom is -0.442 e. The number of aromatic nitrogens is 2. The van der Waals surface area contributed by atoms with Crippen LogP contribution < -0.4 is 15.1 Å². The lowest BCUT2D eigenvalue weighted by Crippen LogP contribution is -2.33. The van der Waals surface area contributed by atoms with Gasteiger partial charge in [-0.25, -0.2) is 9.18 Å². The van der Waals surface area contributed by atoms with Gasteiger partial charge in [-0.3, -0.25) is 14.4 Å². The highest BCUT2D eigenvalue weighted by atomic mass is 19.1. The zero-order valence-electron chi connectivity index (χ0n) is 16.5. The monoisotopic (exact) mass is 401 g/mol. The molecular weight excluding hydrogens is 377 g/mol. The van der Waals surface area contributed by atoms with E-state index < -0.39 is 18.0 Å². The predicted octanol–water partition coefficient (Wildman–Crippen LogP) is 2.41. The number of nitrogens with zero attached hydrogens (tertiary/aromatic N) is 4. The number of hydrogen-bond acceptors (Lipinski definition) is 5. The van der Waals surface area contributed by atoms with Gasteiger partial charge in [0.15, 0.2) is 0 Å². The quantitative estimate of drug-likeness (QED) is 0.804. The van der Waals surface area contributed by atoms with Gasteiger partial charge in [0.1, 0.15) is 11.9 Å². The summed E-state index contributed by atoms with van der Waals surface area (Å²) in [6.07, 6.45) is 2.05. The van der Waals surface area contributed by atoms with Crippen LogP contribution in [0.1, 0.15) is 31.5 Å². The van der Waals surface area contributed by atoms with Crippen molar-refractivity contribution in [1.29, 1.82) is 0 Å². The van der Waals surface area contributed by atoms with Crippen molar-refractivity contribution in [2.75, 3.05) is 22.9 Å². The van der Waals surface area contributed by atoms with Crippen molar-refractivity contribution in [3.05, 3.63) is 41.5 Å². The van der Waals surface area contributed by atoms with Gasteiger partial charge in [0.05, 0.1) is 36.7 Å². The van der Waals surface area contributed by atoms with Gasteiger partial charge in [0.2, 0.25) is 5.91 Å². The number of rotatable bonds is 6. The van der Waals surface area contributed by atoms with Gasteiger partial charge in [-0.1, -0.05) is 6.92 Å². The summed E-state index contributed by atoms with van der Waals surface area (Å²) in [5, 5.41) is 7.19. The Kier molecular flexibility index (Phi) is 5.12. The number of carbonyl (C=O) groups is 2. The normalized spacial score (nSPS) is 18.2. The Labute approximate surface area is 168 Å². The minimum absolute atomic E-state index is 0.192. The van der Waals surface area contributed by atoms with E-state index >= 15 is 0 Å². The molecule has 4 rings (SSSR count). The molecule has 0 bridgehead atoms.